The van der Waals surface area contributed by atoms with Gasteiger partial charge >= 0.3 is 17.6 Å². The van der Waals surface area contributed by atoms with Gasteiger partial charge in [-0.1, -0.05) is 25.9 Å². The van der Waals surface area contributed by atoms with E-state index in [1.54, 1.807) is 39.8 Å². The predicted molar refractivity (Wildman–Crippen MR) is 119 cm³/mol. The maximum absolute atomic E-state index is 12.7. The number of hydrogen-bond donors (Lipinski definition) is 1. The molecule has 1 aliphatic heterocycles. The van der Waals surface area contributed by atoms with E-state index in [0.717, 1.165) is 4.57 Å². The number of hydrogen-bond acceptors (Lipinski definition) is 10. The van der Waals surface area contributed by atoms with Gasteiger partial charge in [0.05, 0.1) is 12.3 Å². The predicted octanol–water partition coefficient (Wildman–Crippen LogP) is 1.13. The van der Waals surface area contributed by atoms with Crippen molar-refractivity contribution in [2.45, 2.75) is 51.9 Å². The van der Waals surface area contributed by atoms with Crippen LogP contribution < -0.4 is 5.69 Å². The highest BCUT2D eigenvalue weighted by Crippen LogP contribution is 2.44. The first-order valence-electron chi connectivity index (χ1n) is 10.5. The molecular formula is C20H29N7O7. The highest BCUT2D eigenvalue weighted by atomic mass is 16.6. The van der Waals surface area contributed by atoms with Gasteiger partial charge in [-0.15, -0.1) is 0 Å². The molecule has 0 saturated carbocycles. The van der Waals surface area contributed by atoms with E-state index in [-0.39, 0.29) is 5.82 Å². The summed E-state index contributed by atoms with van der Waals surface area (Å²) in [6.07, 6.45) is -1.02. The molecule has 0 aromatic carbocycles. The zero-order valence-electron chi connectivity index (χ0n) is 19.9. The number of carbonyl (C=O) groups excluding carboxylic acids is 2. The molecule has 5 atom stereocenters. The molecule has 14 heteroatoms. The van der Waals surface area contributed by atoms with Crippen LogP contribution >= 0.6 is 0 Å². The number of azide groups is 1. The van der Waals surface area contributed by atoms with Crippen LogP contribution in [0.2, 0.25) is 0 Å². The zero-order valence-corrected chi connectivity index (χ0v) is 19.9. The normalized spacial score (nSPS) is 25.1. The largest absolute Gasteiger partial charge is 0.462 e. The van der Waals surface area contributed by atoms with Crippen LogP contribution in [0.25, 0.3) is 10.4 Å². The number of aliphatic hydroxyl groups excluding tert-OH is 1. The highest BCUT2D eigenvalue weighted by molar-refractivity contribution is 5.74. The van der Waals surface area contributed by atoms with E-state index in [4.69, 9.17) is 14.2 Å². The molecule has 186 valence electrons. The first-order chi connectivity index (χ1) is 15.9. The van der Waals surface area contributed by atoms with Gasteiger partial charge in [0.15, 0.2) is 5.82 Å². The number of aliphatic imine (C=N–C) groups is 1. The summed E-state index contributed by atoms with van der Waals surface area (Å²) in [5.41, 5.74) is 6.50. The molecule has 0 amide bonds. The molecule has 0 spiro atoms. The maximum Gasteiger partial charge on any atom is 0.351 e. The lowest BCUT2D eigenvalue weighted by Crippen LogP contribution is -2.47. The minimum Gasteiger partial charge on any atom is -0.462 e. The molecule has 0 aliphatic carbocycles. The Kier molecular flexibility index (Phi) is 8.74. The summed E-state index contributed by atoms with van der Waals surface area (Å²) in [7, 11) is 3.52. The summed E-state index contributed by atoms with van der Waals surface area (Å²) in [6, 6.07) is 1.47. The Hall–Kier alpha value is -3.48. The van der Waals surface area contributed by atoms with Crippen LogP contribution in [0.3, 0.4) is 0 Å². The first-order valence-corrected chi connectivity index (χ1v) is 10.5. The Morgan fingerprint density at radius 3 is 2.62 bits per heavy atom. The van der Waals surface area contributed by atoms with Gasteiger partial charge in [-0.3, -0.25) is 9.36 Å². The second-order valence-electron chi connectivity index (χ2n) is 8.38. The van der Waals surface area contributed by atoms with Gasteiger partial charge in [0.1, 0.15) is 25.0 Å². The lowest BCUT2D eigenvalue weighted by atomic mass is 9.97. The fourth-order valence-electron chi connectivity index (χ4n) is 3.16. The Labute approximate surface area is 195 Å². The molecule has 1 aliphatic rings. The number of ether oxygens (including phenoxy) is 3. The van der Waals surface area contributed by atoms with Crippen molar-refractivity contribution in [3.8, 4) is 0 Å². The SMILES string of the molecule is CC(C)C(=O)OC[C@@]1(N=[N+]=[N-])O[C@@H](n2ccc(N=CN(C)C)nc2=O)[C@@H](C)[C@@H]1OC(=O)C(C)O. The van der Waals surface area contributed by atoms with Crippen LogP contribution in [0.4, 0.5) is 5.82 Å². The van der Waals surface area contributed by atoms with Gasteiger partial charge in [0.25, 0.3) is 0 Å². The molecule has 1 fully saturated rings. The minimum absolute atomic E-state index is 0.157. The Morgan fingerprint density at radius 1 is 1.41 bits per heavy atom. The average Bonchev–Trinajstić information content (AvgIpc) is 3.02. The van der Waals surface area contributed by atoms with Crippen LogP contribution in [0, 0.1) is 11.8 Å². The smallest absolute Gasteiger partial charge is 0.351 e. The van der Waals surface area contributed by atoms with Crippen molar-refractivity contribution in [3.05, 3.63) is 33.2 Å². The van der Waals surface area contributed by atoms with E-state index in [2.05, 4.69) is 20.0 Å². The molecule has 1 aromatic heterocycles. The van der Waals surface area contributed by atoms with E-state index < -0.39 is 60.2 Å². The van der Waals surface area contributed by atoms with Crippen molar-refractivity contribution in [3.63, 3.8) is 0 Å². The third-order valence-corrected chi connectivity index (χ3v) is 4.90. The number of rotatable bonds is 9. The molecule has 0 radical (unpaired) electrons. The van der Waals surface area contributed by atoms with E-state index in [9.17, 15) is 25.0 Å². The summed E-state index contributed by atoms with van der Waals surface area (Å²) in [4.78, 5) is 49.4. The summed E-state index contributed by atoms with van der Waals surface area (Å²) in [5, 5.41) is 13.3. The second kappa shape index (κ2) is 11.1. The van der Waals surface area contributed by atoms with E-state index >= 15 is 0 Å². The van der Waals surface area contributed by atoms with Crippen LogP contribution in [0.5, 0.6) is 0 Å². The number of esters is 2. The van der Waals surface area contributed by atoms with Gasteiger partial charge in [-0.05, 0) is 18.5 Å². The number of nitrogens with zero attached hydrogens (tertiary/aromatic N) is 7. The van der Waals surface area contributed by atoms with Crippen molar-refractivity contribution in [2.75, 3.05) is 20.7 Å². The van der Waals surface area contributed by atoms with Gasteiger partial charge < -0.3 is 24.2 Å². The third-order valence-electron chi connectivity index (χ3n) is 4.90. The molecule has 1 aromatic rings. The van der Waals surface area contributed by atoms with Crippen molar-refractivity contribution in [2.24, 2.45) is 21.9 Å². The Morgan fingerprint density at radius 2 is 2.09 bits per heavy atom. The van der Waals surface area contributed by atoms with Crippen molar-refractivity contribution >= 4 is 24.1 Å². The van der Waals surface area contributed by atoms with Crippen molar-refractivity contribution in [1.82, 2.24) is 14.5 Å². The fraction of sp³-hybridized carbons (Fsp3) is 0.650. The molecule has 2 heterocycles. The third kappa shape index (κ3) is 6.10. The monoisotopic (exact) mass is 479 g/mol. The van der Waals surface area contributed by atoms with Crippen LogP contribution in [-0.4, -0.2) is 76.5 Å². The highest BCUT2D eigenvalue weighted by Gasteiger charge is 2.57. The summed E-state index contributed by atoms with van der Waals surface area (Å²) >= 11 is 0. The summed E-state index contributed by atoms with van der Waals surface area (Å²) in [5.74, 6) is -2.72. The van der Waals surface area contributed by atoms with E-state index in [0.29, 0.717) is 0 Å². The molecule has 14 nitrogen and oxygen atoms in total. The lowest BCUT2D eigenvalue weighted by molar-refractivity contribution is -0.182. The molecule has 34 heavy (non-hydrogen) atoms. The standard InChI is InChI=1S/C20H29N7O7/c1-11(2)17(29)32-9-20(24-25-21)15(33-18(30)13(4)28)12(3)16(34-20)27-8-7-14(23-19(27)31)22-10-26(5)6/h7-8,10-13,15-16,28H,9H2,1-6H3/t12-,13?,15-,16+,20+/m0/s1. The van der Waals surface area contributed by atoms with Gasteiger partial charge in [0.2, 0.25) is 5.72 Å². The second-order valence-corrected chi connectivity index (χ2v) is 8.38. The maximum atomic E-state index is 12.7. The first kappa shape index (κ1) is 26.8. The quantitative estimate of drug-likeness (QED) is 0.135. The zero-order chi connectivity index (χ0) is 25.6. The number of aromatic nitrogens is 2. The molecule has 1 saturated heterocycles. The topological polar surface area (TPSA) is 181 Å². The number of carbonyl (C=O) groups is 2. The number of aliphatic hydroxyl groups is 1. The van der Waals surface area contributed by atoms with Gasteiger partial charge in [-0.25, -0.2) is 14.6 Å². The molecule has 1 unspecified atom stereocenters. The van der Waals surface area contributed by atoms with E-state index in [1.165, 1.54) is 25.5 Å². The molecule has 1 N–H and O–H groups in total. The van der Waals surface area contributed by atoms with Crippen LogP contribution in [-0.2, 0) is 23.8 Å². The van der Waals surface area contributed by atoms with Crippen molar-refractivity contribution < 1.29 is 28.9 Å². The summed E-state index contributed by atoms with van der Waals surface area (Å²) < 4.78 is 17.7. The fourth-order valence-corrected chi connectivity index (χ4v) is 3.16. The molecular weight excluding hydrogens is 450 g/mol. The molecule has 0 bridgehead atoms. The Balaban J connectivity index is 2.49. The minimum atomic E-state index is -1.99. The van der Waals surface area contributed by atoms with Crippen LogP contribution in [0.15, 0.2) is 27.2 Å². The average molecular weight is 479 g/mol. The van der Waals surface area contributed by atoms with Crippen molar-refractivity contribution in [1.29, 1.82) is 0 Å². The summed E-state index contributed by atoms with van der Waals surface area (Å²) in [6.45, 7) is 5.43. The van der Waals surface area contributed by atoms with Crippen LogP contribution in [0.1, 0.15) is 33.9 Å². The Bertz CT molecular complexity index is 1030. The molecule has 2 rings (SSSR count). The van der Waals surface area contributed by atoms with Gasteiger partial charge in [0, 0.05) is 31.1 Å². The lowest BCUT2D eigenvalue weighted by Gasteiger charge is -2.30. The van der Waals surface area contributed by atoms with Gasteiger partial charge in [-0.2, -0.15) is 4.98 Å². The van der Waals surface area contributed by atoms with E-state index in [1.807, 2.05) is 0 Å².